The Morgan fingerprint density at radius 2 is 2.39 bits per heavy atom. The van der Waals surface area contributed by atoms with Gasteiger partial charge in [-0.1, -0.05) is 11.3 Å². The number of morpholine rings is 1. The van der Waals surface area contributed by atoms with Crippen molar-refractivity contribution < 1.29 is 9.47 Å². The van der Waals surface area contributed by atoms with Crippen molar-refractivity contribution in [3.05, 3.63) is 27.9 Å². The van der Waals surface area contributed by atoms with Crippen molar-refractivity contribution in [3.63, 3.8) is 0 Å². The maximum atomic E-state index is 6.18. The monoisotopic (exact) mass is 398 g/mol. The van der Waals surface area contributed by atoms with Gasteiger partial charge in [-0.25, -0.2) is 4.98 Å². The van der Waals surface area contributed by atoms with Crippen LogP contribution in [0.2, 0.25) is 0 Å². The number of anilines is 1. The molecule has 2 fully saturated rings. The number of hydrogen-bond donors (Lipinski definition) is 0. The second-order valence-corrected chi connectivity index (χ2v) is 8.27. The van der Waals surface area contributed by atoms with E-state index in [9.17, 15) is 0 Å². The normalized spacial score (nSPS) is 27.9. The van der Waals surface area contributed by atoms with E-state index in [1.54, 1.807) is 17.5 Å². The molecule has 2 aromatic rings. The van der Waals surface area contributed by atoms with Gasteiger partial charge < -0.3 is 14.4 Å². The fourth-order valence-electron chi connectivity index (χ4n) is 3.28. The Kier molecular flexibility index (Phi) is 4.17. The predicted octanol–water partition coefficient (Wildman–Crippen LogP) is 2.53. The van der Waals surface area contributed by atoms with Gasteiger partial charge in [0.15, 0.2) is 5.13 Å². The highest BCUT2D eigenvalue weighted by atomic mass is 79.9. The van der Waals surface area contributed by atoms with Crippen molar-refractivity contribution in [2.75, 3.05) is 31.2 Å². The molecule has 0 radical (unpaired) electrons. The molecule has 0 amide bonds. The molecule has 8 heteroatoms. The first-order chi connectivity index (χ1) is 11.1. The summed E-state index contributed by atoms with van der Waals surface area (Å²) in [7, 11) is 0. The third-order valence-corrected chi connectivity index (χ3v) is 5.66. The fourth-order valence-corrected chi connectivity index (χ4v) is 4.52. The number of rotatable bonds is 3. The molecule has 2 aromatic heterocycles. The topological polar surface area (TPSA) is 52.4 Å². The van der Waals surface area contributed by atoms with E-state index in [2.05, 4.69) is 37.8 Å². The molecule has 124 valence electrons. The molecule has 1 spiro atoms. The largest absolute Gasteiger partial charge is 0.378 e. The Morgan fingerprint density at radius 3 is 3.13 bits per heavy atom. The third kappa shape index (κ3) is 3.31. The molecule has 2 unspecified atom stereocenters. The van der Waals surface area contributed by atoms with Crippen molar-refractivity contribution in [1.82, 2.24) is 14.8 Å². The van der Waals surface area contributed by atoms with Gasteiger partial charge in [-0.3, -0.25) is 4.68 Å². The number of hydrogen-bond acceptors (Lipinski definition) is 6. The van der Waals surface area contributed by atoms with Crippen molar-refractivity contribution >= 4 is 32.4 Å². The molecular formula is C15H19BrN4O2S. The molecule has 4 heterocycles. The molecule has 2 atom stereocenters. The molecule has 0 bridgehead atoms. The summed E-state index contributed by atoms with van der Waals surface area (Å²) in [5.41, 5.74) is -0.156. The highest BCUT2D eigenvalue weighted by Crippen LogP contribution is 2.34. The van der Waals surface area contributed by atoms with Crippen LogP contribution >= 0.6 is 27.3 Å². The lowest BCUT2D eigenvalue weighted by Gasteiger charge is -2.42. The second-order valence-electron chi connectivity index (χ2n) is 6.26. The zero-order valence-corrected chi connectivity index (χ0v) is 15.3. The Balaban J connectivity index is 1.49. The van der Waals surface area contributed by atoms with Crippen LogP contribution in [0.5, 0.6) is 0 Å². The SMILES string of the molecule is CC1CN(c2ncc(Cn3cc(Br)cn3)s2)CC2(CCOC2)O1. The number of aromatic nitrogens is 3. The molecule has 2 aliphatic rings. The van der Waals surface area contributed by atoms with Crippen LogP contribution in [0.3, 0.4) is 0 Å². The van der Waals surface area contributed by atoms with Gasteiger partial charge in [0.05, 0.1) is 36.5 Å². The maximum Gasteiger partial charge on any atom is 0.185 e. The fraction of sp³-hybridized carbons (Fsp3) is 0.600. The van der Waals surface area contributed by atoms with Crippen molar-refractivity contribution in [2.45, 2.75) is 31.6 Å². The van der Waals surface area contributed by atoms with Crippen LogP contribution in [0.15, 0.2) is 23.1 Å². The molecule has 0 aromatic carbocycles. The molecule has 6 nitrogen and oxygen atoms in total. The number of ether oxygens (including phenoxy) is 2. The first-order valence-electron chi connectivity index (χ1n) is 7.75. The van der Waals surface area contributed by atoms with Crippen LogP contribution in [0, 0.1) is 0 Å². The van der Waals surface area contributed by atoms with Crippen LogP contribution in [-0.2, 0) is 16.0 Å². The average molecular weight is 399 g/mol. The van der Waals surface area contributed by atoms with Gasteiger partial charge in [-0.2, -0.15) is 5.10 Å². The lowest BCUT2D eigenvalue weighted by molar-refractivity contribution is -0.0989. The Morgan fingerprint density at radius 1 is 1.48 bits per heavy atom. The average Bonchev–Trinajstić information content (AvgIpc) is 3.22. The van der Waals surface area contributed by atoms with Gasteiger partial charge in [0.1, 0.15) is 5.60 Å². The maximum absolute atomic E-state index is 6.18. The van der Waals surface area contributed by atoms with Crippen LogP contribution in [0.4, 0.5) is 5.13 Å². The van der Waals surface area contributed by atoms with E-state index in [-0.39, 0.29) is 11.7 Å². The van der Waals surface area contributed by atoms with E-state index in [1.807, 2.05) is 17.1 Å². The Bertz CT molecular complexity index is 683. The summed E-state index contributed by atoms with van der Waals surface area (Å²) < 4.78 is 14.7. The quantitative estimate of drug-likeness (QED) is 0.794. The standard InChI is InChI=1S/C15H19BrN4O2S/c1-11-6-19(9-15(22-11)2-3-21-10-15)14-17-5-13(23-14)8-20-7-12(16)4-18-20/h4-5,7,11H,2-3,6,8-10H2,1H3. The van der Waals surface area contributed by atoms with E-state index in [0.29, 0.717) is 6.61 Å². The van der Waals surface area contributed by atoms with Crippen LogP contribution < -0.4 is 4.90 Å². The van der Waals surface area contributed by atoms with Gasteiger partial charge in [-0.15, -0.1) is 0 Å². The minimum Gasteiger partial charge on any atom is -0.378 e. The minimum absolute atomic E-state index is 0.156. The molecular weight excluding hydrogens is 380 g/mol. The number of nitrogens with zero attached hydrogens (tertiary/aromatic N) is 4. The van der Waals surface area contributed by atoms with Crippen LogP contribution in [-0.4, -0.2) is 52.8 Å². The van der Waals surface area contributed by atoms with E-state index in [0.717, 1.165) is 42.3 Å². The summed E-state index contributed by atoms with van der Waals surface area (Å²) in [5, 5.41) is 5.36. The van der Waals surface area contributed by atoms with Gasteiger partial charge >= 0.3 is 0 Å². The minimum atomic E-state index is -0.156. The number of thiazole rings is 1. The van der Waals surface area contributed by atoms with E-state index in [1.165, 1.54) is 4.88 Å². The summed E-state index contributed by atoms with van der Waals surface area (Å²) in [6, 6.07) is 0. The van der Waals surface area contributed by atoms with E-state index in [4.69, 9.17) is 9.47 Å². The van der Waals surface area contributed by atoms with Crippen LogP contribution in [0.25, 0.3) is 0 Å². The van der Waals surface area contributed by atoms with E-state index < -0.39 is 0 Å². The second kappa shape index (κ2) is 6.16. The molecule has 4 rings (SSSR count). The summed E-state index contributed by atoms with van der Waals surface area (Å²) in [4.78, 5) is 8.17. The zero-order chi connectivity index (χ0) is 15.9. The molecule has 0 aliphatic carbocycles. The van der Waals surface area contributed by atoms with Crippen molar-refractivity contribution in [1.29, 1.82) is 0 Å². The predicted molar refractivity (Wildman–Crippen MR) is 92.1 cm³/mol. The van der Waals surface area contributed by atoms with Gasteiger partial charge in [0.25, 0.3) is 0 Å². The summed E-state index contributed by atoms with van der Waals surface area (Å²) in [6.07, 6.45) is 6.89. The highest BCUT2D eigenvalue weighted by molar-refractivity contribution is 9.10. The molecule has 0 saturated carbocycles. The zero-order valence-electron chi connectivity index (χ0n) is 12.9. The summed E-state index contributed by atoms with van der Waals surface area (Å²) >= 11 is 5.15. The lowest BCUT2D eigenvalue weighted by atomic mass is 10.00. The first-order valence-corrected chi connectivity index (χ1v) is 9.36. The summed E-state index contributed by atoms with van der Waals surface area (Å²) in [6.45, 7) is 6.09. The van der Waals surface area contributed by atoms with Crippen molar-refractivity contribution in [2.24, 2.45) is 0 Å². The van der Waals surface area contributed by atoms with E-state index >= 15 is 0 Å². The first kappa shape index (κ1) is 15.6. The molecule has 23 heavy (non-hydrogen) atoms. The lowest BCUT2D eigenvalue weighted by Crippen LogP contribution is -2.55. The molecule has 0 N–H and O–H groups in total. The Hall–Kier alpha value is -0.960. The Labute approximate surface area is 147 Å². The summed E-state index contributed by atoms with van der Waals surface area (Å²) in [5.74, 6) is 0. The molecule has 2 aliphatic heterocycles. The number of halogens is 1. The molecule has 2 saturated heterocycles. The van der Waals surface area contributed by atoms with Crippen molar-refractivity contribution in [3.8, 4) is 0 Å². The highest BCUT2D eigenvalue weighted by Gasteiger charge is 2.43. The van der Waals surface area contributed by atoms with Gasteiger partial charge in [0, 0.05) is 36.8 Å². The smallest absolute Gasteiger partial charge is 0.185 e. The van der Waals surface area contributed by atoms with Crippen LogP contribution in [0.1, 0.15) is 18.2 Å². The van der Waals surface area contributed by atoms with Gasteiger partial charge in [0.2, 0.25) is 0 Å². The van der Waals surface area contributed by atoms with Gasteiger partial charge in [-0.05, 0) is 22.9 Å². The third-order valence-electron chi connectivity index (χ3n) is 4.21.